The van der Waals surface area contributed by atoms with Crippen molar-refractivity contribution in [3.63, 3.8) is 0 Å². The Balaban J connectivity index is 1.30. The number of aromatic nitrogens is 2. The third kappa shape index (κ3) is 5.56. The number of carbonyl (C=O) groups excluding carboxylic acids is 1. The fourth-order valence-electron chi connectivity index (χ4n) is 3.71. The number of hydrogen-bond donors (Lipinski definition) is 1. The van der Waals surface area contributed by atoms with Gasteiger partial charge in [0, 0.05) is 43.6 Å². The average molecular weight is 452 g/mol. The summed E-state index contributed by atoms with van der Waals surface area (Å²) in [5.41, 5.74) is 4.08. The predicted molar refractivity (Wildman–Crippen MR) is 128 cm³/mol. The molecule has 0 radical (unpaired) electrons. The van der Waals surface area contributed by atoms with E-state index in [9.17, 15) is 9.18 Å². The molecule has 32 heavy (non-hydrogen) atoms. The van der Waals surface area contributed by atoms with E-state index in [1.165, 1.54) is 29.5 Å². The third-order valence-corrected chi connectivity index (χ3v) is 6.36. The zero-order chi connectivity index (χ0) is 22.5. The standard InChI is InChI=1S/C24H26FN5OS/c1-17-3-8-21(18(2)13-17)28-23(31)15-32-24-14-22(26-16-27-24)30-11-9-29(10-12-30)20-6-4-19(25)5-7-20/h3-8,13-14,16H,9-12,15H2,1-2H3,(H,28,31). The Morgan fingerprint density at radius 2 is 1.72 bits per heavy atom. The summed E-state index contributed by atoms with van der Waals surface area (Å²) in [5.74, 6) is 0.856. The molecule has 0 unspecified atom stereocenters. The number of thioether (sulfide) groups is 1. The Labute approximate surface area is 191 Å². The molecule has 1 N–H and O–H groups in total. The Morgan fingerprint density at radius 1 is 1.00 bits per heavy atom. The summed E-state index contributed by atoms with van der Waals surface area (Å²) in [6.07, 6.45) is 1.55. The molecule has 8 heteroatoms. The van der Waals surface area contributed by atoms with E-state index in [0.717, 1.165) is 54.0 Å². The van der Waals surface area contributed by atoms with E-state index in [2.05, 4.69) is 31.2 Å². The molecule has 3 aromatic rings. The first kappa shape index (κ1) is 22.1. The highest BCUT2D eigenvalue weighted by Crippen LogP contribution is 2.23. The summed E-state index contributed by atoms with van der Waals surface area (Å²) in [7, 11) is 0. The highest BCUT2D eigenvalue weighted by Gasteiger charge is 2.19. The van der Waals surface area contributed by atoms with Crippen LogP contribution in [-0.2, 0) is 4.79 Å². The molecule has 0 saturated carbocycles. The lowest BCUT2D eigenvalue weighted by atomic mass is 10.1. The number of halogens is 1. The Bertz CT molecular complexity index is 1080. The molecule has 1 saturated heterocycles. The smallest absolute Gasteiger partial charge is 0.234 e. The van der Waals surface area contributed by atoms with Gasteiger partial charge in [-0.3, -0.25) is 4.79 Å². The molecule has 0 aliphatic carbocycles. The molecule has 0 atom stereocenters. The molecule has 1 amide bonds. The SMILES string of the molecule is Cc1ccc(NC(=O)CSc2cc(N3CCN(c4ccc(F)cc4)CC3)ncn2)c(C)c1. The summed E-state index contributed by atoms with van der Waals surface area (Å²) in [4.78, 5) is 25.6. The fourth-order valence-corrected chi connectivity index (χ4v) is 4.37. The summed E-state index contributed by atoms with van der Waals surface area (Å²) in [6, 6.07) is 14.5. The van der Waals surface area contributed by atoms with Crippen LogP contribution in [0.1, 0.15) is 11.1 Å². The second kappa shape index (κ2) is 9.99. The van der Waals surface area contributed by atoms with Crippen LogP contribution in [0.4, 0.5) is 21.6 Å². The molecule has 0 spiro atoms. The molecule has 2 heterocycles. The van der Waals surface area contributed by atoms with Crippen molar-refractivity contribution < 1.29 is 9.18 Å². The van der Waals surface area contributed by atoms with Crippen LogP contribution < -0.4 is 15.1 Å². The van der Waals surface area contributed by atoms with Gasteiger partial charge in [-0.2, -0.15) is 0 Å². The van der Waals surface area contributed by atoms with Gasteiger partial charge in [0.1, 0.15) is 23.0 Å². The van der Waals surface area contributed by atoms with Crippen molar-refractivity contribution in [1.29, 1.82) is 0 Å². The largest absolute Gasteiger partial charge is 0.368 e. The van der Waals surface area contributed by atoms with E-state index < -0.39 is 0 Å². The normalized spacial score (nSPS) is 13.8. The van der Waals surface area contributed by atoms with Gasteiger partial charge in [-0.25, -0.2) is 14.4 Å². The maximum absolute atomic E-state index is 13.2. The van der Waals surface area contributed by atoms with Crippen LogP contribution in [-0.4, -0.2) is 47.8 Å². The van der Waals surface area contributed by atoms with Gasteiger partial charge in [-0.05, 0) is 49.7 Å². The Hall–Kier alpha value is -3.13. The van der Waals surface area contributed by atoms with Crippen molar-refractivity contribution in [2.75, 3.05) is 47.0 Å². The maximum atomic E-state index is 13.2. The molecule has 1 fully saturated rings. The summed E-state index contributed by atoms with van der Waals surface area (Å²) in [5, 5.41) is 3.74. The molecule has 1 aliphatic heterocycles. The monoisotopic (exact) mass is 451 g/mol. The van der Waals surface area contributed by atoms with Crippen LogP contribution in [0.2, 0.25) is 0 Å². The molecule has 0 bridgehead atoms. The molecule has 1 aromatic heterocycles. The fraction of sp³-hybridized carbons (Fsp3) is 0.292. The molecular formula is C24H26FN5OS. The second-order valence-electron chi connectivity index (χ2n) is 7.82. The van der Waals surface area contributed by atoms with Gasteiger partial charge in [0.15, 0.2) is 0 Å². The number of nitrogens with zero attached hydrogens (tertiary/aromatic N) is 4. The van der Waals surface area contributed by atoms with Gasteiger partial charge in [0.2, 0.25) is 5.91 Å². The third-order valence-electron chi connectivity index (χ3n) is 5.43. The van der Waals surface area contributed by atoms with Crippen LogP contribution in [0.3, 0.4) is 0 Å². The number of piperazine rings is 1. The number of hydrogen-bond acceptors (Lipinski definition) is 6. The molecule has 1 aliphatic rings. The van der Waals surface area contributed by atoms with Crippen LogP contribution in [0.15, 0.2) is 59.9 Å². The van der Waals surface area contributed by atoms with Crippen molar-refractivity contribution in [2.24, 2.45) is 0 Å². The lowest BCUT2D eigenvalue weighted by molar-refractivity contribution is -0.113. The number of benzene rings is 2. The summed E-state index contributed by atoms with van der Waals surface area (Å²) < 4.78 is 13.2. The van der Waals surface area contributed by atoms with E-state index in [1.807, 2.05) is 44.2 Å². The van der Waals surface area contributed by atoms with E-state index in [-0.39, 0.29) is 17.5 Å². The van der Waals surface area contributed by atoms with Crippen molar-refractivity contribution in [1.82, 2.24) is 9.97 Å². The Kier molecular flexibility index (Phi) is 6.90. The van der Waals surface area contributed by atoms with E-state index in [4.69, 9.17) is 0 Å². The minimum atomic E-state index is -0.221. The lowest BCUT2D eigenvalue weighted by Crippen LogP contribution is -2.46. The number of carbonyl (C=O) groups is 1. The number of amides is 1. The van der Waals surface area contributed by atoms with Crippen molar-refractivity contribution in [3.05, 3.63) is 71.8 Å². The van der Waals surface area contributed by atoms with Gasteiger partial charge >= 0.3 is 0 Å². The van der Waals surface area contributed by atoms with Crippen molar-refractivity contribution >= 4 is 34.9 Å². The van der Waals surface area contributed by atoms with Crippen LogP contribution in [0.25, 0.3) is 0 Å². The zero-order valence-corrected chi connectivity index (χ0v) is 19.0. The first-order chi connectivity index (χ1) is 15.5. The zero-order valence-electron chi connectivity index (χ0n) is 18.2. The van der Waals surface area contributed by atoms with E-state index in [1.54, 1.807) is 6.33 Å². The molecular weight excluding hydrogens is 425 g/mol. The predicted octanol–water partition coefficient (Wildman–Crippen LogP) is 4.29. The molecule has 6 nitrogen and oxygen atoms in total. The van der Waals surface area contributed by atoms with Crippen LogP contribution in [0, 0.1) is 19.7 Å². The highest BCUT2D eigenvalue weighted by molar-refractivity contribution is 7.99. The van der Waals surface area contributed by atoms with Gasteiger partial charge in [0.05, 0.1) is 5.75 Å². The number of anilines is 3. The van der Waals surface area contributed by atoms with Gasteiger partial charge < -0.3 is 15.1 Å². The minimum Gasteiger partial charge on any atom is -0.368 e. The highest BCUT2D eigenvalue weighted by atomic mass is 32.2. The van der Waals surface area contributed by atoms with Crippen LogP contribution >= 0.6 is 11.8 Å². The summed E-state index contributed by atoms with van der Waals surface area (Å²) in [6.45, 7) is 7.30. The van der Waals surface area contributed by atoms with Gasteiger partial charge in [-0.15, -0.1) is 0 Å². The average Bonchev–Trinajstić information content (AvgIpc) is 2.80. The van der Waals surface area contributed by atoms with E-state index >= 15 is 0 Å². The first-order valence-electron chi connectivity index (χ1n) is 10.6. The lowest BCUT2D eigenvalue weighted by Gasteiger charge is -2.36. The molecule has 2 aromatic carbocycles. The van der Waals surface area contributed by atoms with Gasteiger partial charge in [-0.1, -0.05) is 29.5 Å². The van der Waals surface area contributed by atoms with Crippen molar-refractivity contribution in [2.45, 2.75) is 18.9 Å². The number of nitrogens with one attached hydrogen (secondary N) is 1. The molecule has 166 valence electrons. The summed E-state index contributed by atoms with van der Waals surface area (Å²) >= 11 is 1.40. The number of aryl methyl sites for hydroxylation is 2. The first-order valence-corrected chi connectivity index (χ1v) is 11.5. The minimum absolute atomic E-state index is 0.0602. The quantitative estimate of drug-likeness (QED) is 0.446. The number of rotatable bonds is 6. The van der Waals surface area contributed by atoms with Crippen LogP contribution in [0.5, 0.6) is 0 Å². The van der Waals surface area contributed by atoms with E-state index in [0.29, 0.717) is 0 Å². The molecule has 4 rings (SSSR count). The Morgan fingerprint density at radius 3 is 2.44 bits per heavy atom. The maximum Gasteiger partial charge on any atom is 0.234 e. The second-order valence-corrected chi connectivity index (χ2v) is 8.82. The topological polar surface area (TPSA) is 61.4 Å². The van der Waals surface area contributed by atoms with Gasteiger partial charge in [0.25, 0.3) is 0 Å². The van der Waals surface area contributed by atoms with Crippen molar-refractivity contribution in [3.8, 4) is 0 Å².